The summed E-state index contributed by atoms with van der Waals surface area (Å²) in [7, 11) is -2.65. The molecule has 0 atom stereocenters. The molecule has 0 fully saturated rings. The van der Waals surface area contributed by atoms with Crippen LogP contribution in [-0.2, 0) is 21.7 Å². The van der Waals surface area contributed by atoms with Gasteiger partial charge in [-0.05, 0) is 60.3 Å². The zero-order chi connectivity index (χ0) is 21.8. The van der Waals surface area contributed by atoms with Crippen LogP contribution < -0.4 is 45.2 Å². The normalized spacial score (nSPS) is 10.2. The van der Waals surface area contributed by atoms with E-state index < -0.39 is 8.40 Å². The molecule has 0 spiro atoms. The minimum absolute atomic E-state index is 0. The fraction of sp³-hybridized carbons (Fsp3) is 0.143. The van der Waals surface area contributed by atoms with Crippen LogP contribution in [0.1, 0.15) is 22.3 Å². The number of para-hydroxylation sites is 2. The van der Waals surface area contributed by atoms with Crippen LogP contribution in [0.15, 0.2) is 97.1 Å². The van der Waals surface area contributed by atoms with Gasteiger partial charge in [0.1, 0.15) is 0 Å². The summed E-state index contributed by atoms with van der Waals surface area (Å²) in [6.45, 7) is 8.74. The van der Waals surface area contributed by atoms with Crippen molar-refractivity contribution >= 4 is 30.1 Å². The third kappa shape index (κ3) is 6.16. The topological polar surface area (TPSA) is 24.1 Å². The van der Waals surface area contributed by atoms with E-state index >= 15 is 0 Å². The Balaban J connectivity index is 0.00000193. The second-order valence-electron chi connectivity index (χ2n) is 8.27. The summed E-state index contributed by atoms with van der Waals surface area (Å²) >= 11 is 0. The van der Waals surface area contributed by atoms with Crippen LogP contribution in [0.3, 0.4) is 0 Å². The SMILES string of the molecule is Cc1cccc(C)c1N[Si](Nc1c(C)cccc1C)(c1ccccc1)c1ccccc1.[Cl-].[Cl-].[Ti+2]. The van der Waals surface area contributed by atoms with Gasteiger partial charge in [-0.2, -0.15) is 0 Å². The van der Waals surface area contributed by atoms with Gasteiger partial charge in [0.2, 0.25) is 0 Å². The number of hydrogen-bond donors (Lipinski definition) is 2. The van der Waals surface area contributed by atoms with Crippen molar-refractivity contribution in [2.75, 3.05) is 9.96 Å². The molecule has 0 bridgehead atoms. The van der Waals surface area contributed by atoms with E-state index in [2.05, 4.69) is 135 Å². The summed E-state index contributed by atoms with van der Waals surface area (Å²) in [5.74, 6) is 0. The van der Waals surface area contributed by atoms with Crippen molar-refractivity contribution in [1.29, 1.82) is 0 Å². The number of aryl methyl sites for hydroxylation is 4. The molecule has 4 aromatic carbocycles. The summed E-state index contributed by atoms with van der Waals surface area (Å²) in [4.78, 5) is 8.18. The standard InChI is InChI=1S/C28H30N2Si.2ClH.Ti/c1-21-13-11-14-22(2)27(21)29-31(25-17-7-5-8-18-25,26-19-9-6-10-20-26)30-28-23(3)15-12-16-24(28)4;;;/h5-20,29-30H,1-4H3;2*1H;/q;;;+2/p-2. The fourth-order valence-corrected chi connectivity index (χ4v) is 8.16. The quantitative estimate of drug-likeness (QED) is 0.328. The summed E-state index contributed by atoms with van der Waals surface area (Å²) < 4.78 is 0. The van der Waals surface area contributed by atoms with Crippen molar-refractivity contribution in [1.82, 2.24) is 0 Å². The Kier molecular flexibility index (Phi) is 11.6. The maximum absolute atomic E-state index is 4.09. The Morgan fingerprint density at radius 2 is 0.735 bits per heavy atom. The van der Waals surface area contributed by atoms with Gasteiger partial charge >= 0.3 is 30.1 Å². The van der Waals surface area contributed by atoms with Crippen molar-refractivity contribution in [3.05, 3.63) is 119 Å². The second kappa shape index (κ2) is 13.2. The monoisotopic (exact) mass is 540 g/mol. The van der Waals surface area contributed by atoms with E-state index in [-0.39, 0.29) is 46.5 Å². The molecule has 0 aromatic heterocycles. The molecule has 2 N–H and O–H groups in total. The van der Waals surface area contributed by atoms with Gasteiger partial charge in [0.05, 0.1) is 0 Å². The van der Waals surface area contributed by atoms with Gasteiger partial charge in [-0.15, -0.1) is 0 Å². The van der Waals surface area contributed by atoms with Crippen molar-refractivity contribution < 1.29 is 46.5 Å². The molecule has 2 nitrogen and oxygen atoms in total. The maximum Gasteiger partial charge on any atom is 2.00 e. The molecule has 174 valence electrons. The first-order chi connectivity index (χ1) is 15.0. The van der Waals surface area contributed by atoms with E-state index in [9.17, 15) is 0 Å². The number of benzene rings is 4. The second-order valence-corrected chi connectivity index (χ2v) is 11.4. The largest absolute Gasteiger partial charge is 2.00 e. The minimum atomic E-state index is -2.65. The molecule has 4 rings (SSSR count). The zero-order valence-corrected chi connectivity index (χ0v) is 24.1. The smallest absolute Gasteiger partial charge is 1.00 e. The Morgan fingerprint density at radius 1 is 0.441 bits per heavy atom. The van der Waals surface area contributed by atoms with Gasteiger partial charge in [-0.25, -0.2) is 0 Å². The van der Waals surface area contributed by atoms with E-state index in [4.69, 9.17) is 0 Å². The summed E-state index contributed by atoms with van der Waals surface area (Å²) in [6, 6.07) is 34.7. The van der Waals surface area contributed by atoms with Crippen LogP contribution in [0.4, 0.5) is 11.4 Å². The Labute approximate surface area is 232 Å². The van der Waals surface area contributed by atoms with E-state index in [1.54, 1.807) is 0 Å². The number of anilines is 2. The van der Waals surface area contributed by atoms with E-state index in [0.717, 1.165) is 0 Å². The van der Waals surface area contributed by atoms with Gasteiger partial charge in [-0.1, -0.05) is 97.1 Å². The molecule has 0 aliphatic heterocycles. The average Bonchev–Trinajstić information content (AvgIpc) is 2.79. The molecule has 6 heteroatoms. The Morgan fingerprint density at radius 3 is 1.03 bits per heavy atom. The average molecular weight is 541 g/mol. The molecule has 0 unspecified atom stereocenters. The molecular weight excluding hydrogens is 511 g/mol. The Bertz CT molecular complexity index is 1050. The number of hydrogen-bond acceptors (Lipinski definition) is 2. The third-order valence-electron chi connectivity index (χ3n) is 6.00. The molecule has 0 heterocycles. The molecule has 0 aliphatic carbocycles. The van der Waals surface area contributed by atoms with E-state index in [1.165, 1.54) is 44.0 Å². The molecule has 0 saturated carbocycles. The molecular formula is C28H30Cl2N2SiTi. The van der Waals surface area contributed by atoms with Gasteiger partial charge in [0.25, 0.3) is 0 Å². The van der Waals surface area contributed by atoms with Gasteiger partial charge < -0.3 is 34.8 Å². The number of nitrogens with one attached hydrogen (secondary N) is 2. The van der Waals surface area contributed by atoms with Crippen LogP contribution in [0.5, 0.6) is 0 Å². The van der Waals surface area contributed by atoms with Gasteiger partial charge in [0.15, 0.2) is 0 Å². The number of rotatable bonds is 6. The minimum Gasteiger partial charge on any atom is -1.00 e. The Hall–Kier alpha value is -2.01. The van der Waals surface area contributed by atoms with Crippen molar-refractivity contribution in [2.45, 2.75) is 27.7 Å². The molecule has 34 heavy (non-hydrogen) atoms. The zero-order valence-electron chi connectivity index (χ0n) is 20.0. The first-order valence-electron chi connectivity index (χ1n) is 10.8. The van der Waals surface area contributed by atoms with Crippen LogP contribution in [0.2, 0.25) is 0 Å². The fourth-order valence-electron chi connectivity index (χ4n) is 4.26. The molecule has 0 aliphatic rings. The van der Waals surface area contributed by atoms with E-state index in [0.29, 0.717) is 0 Å². The van der Waals surface area contributed by atoms with Crippen molar-refractivity contribution in [2.24, 2.45) is 0 Å². The summed E-state index contributed by atoms with van der Waals surface area (Å²) in [6.07, 6.45) is 0. The van der Waals surface area contributed by atoms with Crippen molar-refractivity contribution in [3.63, 3.8) is 0 Å². The molecule has 0 amide bonds. The first-order valence-corrected chi connectivity index (χ1v) is 12.8. The van der Waals surface area contributed by atoms with Crippen LogP contribution in [0.25, 0.3) is 0 Å². The number of halogens is 2. The third-order valence-corrected chi connectivity index (χ3v) is 9.65. The summed E-state index contributed by atoms with van der Waals surface area (Å²) in [5.41, 5.74) is 7.44. The molecule has 0 saturated heterocycles. The van der Waals surface area contributed by atoms with Crippen LogP contribution in [0, 0.1) is 27.7 Å². The van der Waals surface area contributed by atoms with Gasteiger partial charge in [-0.3, -0.25) is 0 Å². The maximum atomic E-state index is 4.09. The molecule has 0 radical (unpaired) electrons. The predicted octanol–water partition coefficient (Wildman–Crippen LogP) is -0.294. The van der Waals surface area contributed by atoms with Gasteiger partial charge in [0, 0.05) is 11.4 Å². The first kappa shape index (κ1) is 30.0. The summed E-state index contributed by atoms with van der Waals surface area (Å²) in [5, 5.41) is 2.60. The van der Waals surface area contributed by atoms with Crippen LogP contribution in [-0.4, -0.2) is 8.40 Å². The van der Waals surface area contributed by atoms with Crippen molar-refractivity contribution in [3.8, 4) is 0 Å². The van der Waals surface area contributed by atoms with E-state index in [1.807, 2.05) is 0 Å². The van der Waals surface area contributed by atoms with Crippen LogP contribution >= 0.6 is 0 Å². The predicted molar refractivity (Wildman–Crippen MR) is 137 cm³/mol. The molecule has 4 aromatic rings.